The van der Waals surface area contributed by atoms with Gasteiger partial charge in [0.25, 0.3) is 0 Å². The van der Waals surface area contributed by atoms with Gasteiger partial charge in [-0.2, -0.15) is 4.99 Å². The smallest absolute Gasteiger partial charge is 0.223 e. The van der Waals surface area contributed by atoms with Crippen LogP contribution in [0.1, 0.15) is 11.1 Å². The number of nitrogens with one attached hydrogen (secondary N) is 1. The molecule has 0 spiro atoms. The molecule has 0 saturated carbocycles. The molecule has 5 N–H and O–H groups in total. The summed E-state index contributed by atoms with van der Waals surface area (Å²) in [5.41, 5.74) is 15.4. The molecule has 2 aromatic rings. The molecule has 0 heterocycles. The van der Waals surface area contributed by atoms with Crippen LogP contribution < -0.4 is 16.8 Å². The maximum atomic E-state index is 5.85. The second-order valence-electron chi connectivity index (χ2n) is 4.69. The van der Waals surface area contributed by atoms with Crippen LogP contribution in [0.5, 0.6) is 0 Å². The van der Waals surface area contributed by atoms with Gasteiger partial charge in [0.2, 0.25) is 11.9 Å². The van der Waals surface area contributed by atoms with Gasteiger partial charge in [-0.05, 0) is 37.1 Å². The molecule has 2 aromatic carbocycles. The van der Waals surface area contributed by atoms with Gasteiger partial charge in [0, 0.05) is 5.69 Å². The number of guanidine groups is 2. The predicted molar refractivity (Wildman–Crippen MR) is 88.9 cm³/mol. The zero-order chi connectivity index (χ0) is 15.2. The summed E-state index contributed by atoms with van der Waals surface area (Å²) in [4.78, 5) is 8.31. The van der Waals surface area contributed by atoms with Crippen LogP contribution in [-0.4, -0.2) is 11.9 Å². The van der Waals surface area contributed by atoms with Gasteiger partial charge < -0.3 is 16.8 Å². The lowest BCUT2D eigenvalue weighted by molar-refractivity contribution is 1.34. The van der Waals surface area contributed by atoms with E-state index in [1.54, 1.807) is 0 Å². The summed E-state index contributed by atoms with van der Waals surface area (Å²) in [5.74, 6) is 0.321. The number of aliphatic imine (C=N–C) groups is 2. The highest BCUT2D eigenvalue weighted by molar-refractivity contribution is 6.01. The van der Waals surface area contributed by atoms with Crippen LogP contribution in [0.3, 0.4) is 0 Å². The lowest BCUT2D eigenvalue weighted by Gasteiger charge is -2.08. The number of aryl methyl sites for hydroxylation is 2. The summed E-state index contributed by atoms with van der Waals surface area (Å²) in [7, 11) is 0. The molecular weight excluding hydrogens is 262 g/mol. The predicted octanol–water partition coefficient (Wildman–Crippen LogP) is 2.68. The van der Waals surface area contributed by atoms with E-state index in [0.717, 1.165) is 22.5 Å². The van der Waals surface area contributed by atoms with Gasteiger partial charge in [0.05, 0.1) is 5.69 Å². The number of hydrogen-bond donors (Lipinski definition) is 3. The third-order valence-corrected chi connectivity index (χ3v) is 2.99. The average molecular weight is 281 g/mol. The molecule has 0 fully saturated rings. The molecule has 0 aromatic heterocycles. The summed E-state index contributed by atoms with van der Waals surface area (Å²) in [6.45, 7) is 3.95. The highest BCUT2D eigenvalue weighted by Crippen LogP contribution is 2.17. The van der Waals surface area contributed by atoms with Crippen molar-refractivity contribution in [2.24, 2.45) is 21.5 Å². The highest BCUT2D eigenvalue weighted by atomic mass is 15.2. The molecule has 0 atom stereocenters. The van der Waals surface area contributed by atoms with Gasteiger partial charge in [-0.3, -0.25) is 0 Å². The lowest BCUT2D eigenvalue weighted by atomic mass is 10.2. The van der Waals surface area contributed by atoms with Gasteiger partial charge in [-0.25, -0.2) is 4.99 Å². The third kappa shape index (κ3) is 4.07. The van der Waals surface area contributed by atoms with E-state index in [9.17, 15) is 0 Å². The number of anilines is 1. The van der Waals surface area contributed by atoms with Gasteiger partial charge in [-0.1, -0.05) is 36.4 Å². The van der Waals surface area contributed by atoms with Crippen LogP contribution in [0, 0.1) is 13.8 Å². The standard InChI is InChI=1S/C16H19N5/c1-11-7-3-5-9-13(11)19-15(17)21-16(18)20-14-10-6-4-8-12(14)2/h3-10H,1-2H3,(H5,17,18,19,20,21). The quantitative estimate of drug-likeness (QED) is 0.584. The van der Waals surface area contributed by atoms with E-state index in [1.165, 1.54) is 0 Å². The normalized spacial score (nSPS) is 12.3. The van der Waals surface area contributed by atoms with E-state index in [-0.39, 0.29) is 11.9 Å². The number of nitrogens with zero attached hydrogens (tertiary/aromatic N) is 2. The molecule has 5 heteroatoms. The molecule has 0 aliphatic carbocycles. The average Bonchev–Trinajstić information content (AvgIpc) is 2.44. The number of para-hydroxylation sites is 2. The van der Waals surface area contributed by atoms with Crippen molar-refractivity contribution in [2.45, 2.75) is 13.8 Å². The van der Waals surface area contributed by atoms with Crippen LogP contribution in [0.25, 0.3) is 0 Å². The van der Waals surface area contributed by atoms with Gasteiger partial charge in [0.1, 0.15) is 0 Å². The van der Waals surface area contributed by atoms with E-state index >= 15 is 0 Å². The molecule has 108 valence electrons. The summed E-state index contributed by atoms with van der Waals surface area (Å²) < 4.78 is 0. The first kappa shape index (κ1) is 14.6. The maximum absolute atomic E-state index is 5.85. The molecule has 21 heavy (non-hydrogen) atoms. The first-order valence-corrected chi connectivity index (χ1v) is 6.63. The number of benzene rings is 2. The molecule has 5 nitrogen and oxygen atoms in total. The van der Waals surface area contributed by atoms with Crippen LogP contribution in [0.15, 0.2) is 58.5 Å². The van der Waals surface area contributed by atoms with Crippen LogP contribution >= 0.6 is 0 Å². The Morgan fingerprint density at radius 2 is 1.52 bits per heavy atom. The molecule has 0 aliphatic rings. The van der Waals surface area contributed by atoms with E-state index in [0.29, 0.717) is 0 Å². The minimum Gasteiger partial charge on any atom is -0.369 e. The van der Waals surface area contributed by atoms with Crippen molar-refractivity contribution < 1.29 is 0 Å². The summed E-state index contributed by atoms with van der Waals surface area (Å²) in [5, 5.41) is 3.01. The Bertz CT molecular complexity index is 689. The lowest BCUT2D eigenvalue weighted by Crippen LogP contribution is -2.26. The SMILES string of the molecule is Cc1ccccc1N=C(N)/N=C(\N)Nc1ccccc1C. The van der Waals surface area contributed by atoms with Crippen molar-refractivity contribution in [1.29, 1.82) is 0 Å². The Morgan fingerprint density at radius 3 is 2.19 bits per heavy atom. The first-order valence-electron chi connectivity index (χ1n) is 6.63. The van der Waals surface area contributed by atoms with Gasteiger partial charge >= 0.3 is 0 Å². The van der Waals surface area contributed by atoms with Gasteiger partial charge in [-0.15, -0.1) is 0 Å². The van der Waals surface area contributed by atoms with Crippen LogP contribution in [-0.2, 0) is 0 Å². The molecule has 2 rings (SSSR count). The minimum absolute atomic E-state index is 0.114. The molecule has 0 saturated heterocycles. The topological polar surface area (TPSA) is 88.8 Å². The summed E-state index contributed by atoms with van der Waals surface area (Å²) in [6, 6.07) is 15.5. The van der Waals surface area contributed by atoms with Crippen LogP contribution in [0.2, 0.25) is 0 Å². The molecule has 0 bridgehead atoms. The van der Waals surface area contributed by atoms with Crippen LogP contribution in [0.4, 0.5) is 11.4 Å². The van der Waals surface area contributed by atoms with E-state index in [1.807, 2.05) is 62.4 Å². The largest absolute Gasteiger partial charge is 0.369 e. The Kier molecular flexibility index (Phi) is 4.56. The van der Waals surface area contributed by atoms with E-state index < -0.39 is 0 Å². The zero-order valence-corrected chi connectivity index (χ0v) is 12.2. The second kappa shape index (κ2) is 6.56. The van der Waals surface area contributed by atoms with Crippen molar-refractivity contribution in [2.75, 3.05) is 5.32 Å². The van der Waals surface area contributed by atoms with E-state index in [2.05, 4.69) is 15.3 Å². The Labute approximate surface area is 124 Å². The monoisotopic (exact) mass is 281 g/mol. The fourth-order valence-corrected chi connectivity index (χ4v) is 1.84. The molecule has 0 amide bonds. The molecule has 0 unspecified atom stereocenters. The van der Waals surface area contributed by atoms with Gasteiger partial charge in [0.15, 0.2) is 0 Å². The maximum Gasteiger partial charge on any atom is 0.223 e. The highest BCUT2D eigenvalue weighted by Gasteiger charge is 2.00. The second-order valence-corrected chi connectivity index (χ2v) is 4.69. The molecule has 0 aliphatic heterocycles. The zero-order valence-electron chi connectivity index (χ0n) is 12.2. The minimum atomic E-state index is 0.114. The molecular formula is C16H19N5. The fourth-order valence-electron chi connectivity index (χ4n) is 1.84. The number of hydrogen-bond acceptors (Lipinski definition) is 1. The number of nitrogens with two attached hydrogens (primary N) is 2. The third-order valence-electron chi connectivity index (χ3n) is 2.99. The van der Waals surface area contributed by atoms with Crippen molar-refractivity contribution in [1.82, 2.24) is 0 Å². The van der Waals surface area contributed by atoms with Crippen molar-refractivity contribution >= 4 is 23.3 Å². The number of rotatable bonds is 2. The first-order chi connectivity index (χ1) is 10.1. The van der Waals surface area contributed by atoms with Crippen molar-refractivity contribution in [3.63, 3.8) is 0 Å². The Morgan fingerprint density at radius 1 is 0.905 bits per heavy atom. The summed E-state index contributed by atoms with van der Waals surface area (Å²) in [6.07, 6.45) is 0. The Hall–Kier alpha value is -2.82. The van der Waals surface area contributed by atoms with Crippen molar-refractivity contribution in [3.05, 3.63) is 59.7 Å². The fraction of sp³-hybridized carbons (Fsp3) is 0.125. The molecule has 0 radical (unpaired) electrons. The van der Waals surface area contributed by atoms with Crippen molar-refractivity contribution in [3.8, 4) is 0 Å². The summed E-state index contributed by atoms with van der Waals surface area (Å²) >= 11 is 0. The Balaban J connectivity index is 2.15. The van der Waals surface area contributed by atoms with E-state index in [4.69, 9.17) is 11.5 Å².